The van der Waals surface area contributed by atoms with Crippen molar-refractivity contribution >= 4 is 28.6 Å². The third-order valence-corrected chi connectivity index (χ3v) is 6.33. The van der Waals surface area contributed by atoms with E-state index in [0.717, 1.165) is 19.4 Å². The molecular weight excluding hydrogens is 314 g/mol. The van der Waals surface area contributed by atoms with E-state index in [1.165, 1.54) is 19.5 Å². The van der Waals surface area contributed by atoms with Gasteiger partial charge in [-0.15, -0.1) is 22.7 Å². The molecule has 0 bridgehead atoms. The summed E-state index contributed by atoms with van der Waals surface area (Å²) in [5.74, 6) is -0.897. The van der Waals surface area contributed by atoms with Crippen LogP contribution in [0, 0.1) is 19.8 Å². The van der Waals surface area contributed by atoms with Gasteiger partial charge in [0.05, 0.1) is 12.0 Å². The summed E-state index contributed by atoms with van der Waals surface area (Å²) in [6.45, 7) is 5.87. The van der Waals surface area contributed by atoms with Crippen LogP contribution in [0.15, 0.2) is 24.3 Å². The number of hydrogen-bond acceptors (Lipinski definition) is 4. The summed E-state index contributed by atoms with van der Waals surface area (Å²) in [5.41, 5.74) is 0. The van der Waals surface area contributed by atoms with Crippen molar-refractivity contribution in [1.82, 2.24) is 4.90 Å². The molecule has 0 aromatic carbocycles. The summed E-state index contributed by atoms with van der Waals surface area (Å²) in [7, 11) is 0. The molecule has 2 aromatic rings. The number of hydrogen-bond donors (Lipinski definition) is 1. The Hall–Kier alpha value is -1.17. The summed E-state index contributed by atoms with van der Waals surface area (Å²) >= 11 is 3.64. The molecule has 0 radical (unpaired) electrons. The van der Waals surface area contributed by atoms with E-state index in [2.05, 4.69) is 43.0 Å². The lowest BCUT2D eigenvalue weighted by Gasteiger charge is -2.36. The first kappa shape index (κ1) is 15.7. The molecule has 22 heavy (non-hydrogen) atoms. The fourth-order valence-corrected chi connectivity index (χ4v) is 5.28. The number of carboxylic acid groups (broad SMARTS) is 1. The molecule has 1 atom stereocenters. The Morgan fingerprint density at radius 3 is 2.23 bits per heavy atom. The normalized spacial score (nSPS) is 19.7. The van der Waals surface area contributed by atoms with Gasteiger partial charge in [-0.1, -0.05) is 0 Å². The van der Waals surface area contributed by atoms with Gasteiger partial charge < -0.3 is 5.11 Å². The zero-order valence-electron chi connectivity index (χ0n) is 12.9. The van der Waals surface area contributed by atoms with Crippen molar-refractivity contribution in [3.05, 3.63) is 43.8 Å². The molecule has 1 unspecified atom stereocenters. The highest BCUT2D eigenvalue weighted by Gasteiger charge is 2.32. The van der Waals surface area contributed by atoms with Crippen molar-refractivity contribution in [1.29, 1.82) is 0 Å². The van der Waals surface area contributed by atoms with Crippen LogP contribution in [0.5, 0.6) is 0 Å². The third-order valence-electron chi connectivity index (χ3n) is 4.23. The third kappa shape index (κ3) is 3.26. The van der Waals surface area contributed by atoms with Crippen molar-refractivity contribution < 1.29 is 9.90 Å². The second-order valence-electron chi connectivity index (χ2n) is 5.97. The molecule has 1 saturated heterocycles. The van der Waals surface area contributed by atoms with Crippen LogP contribution >= 0.6 is 22.7 Å². The topological polar surface area (TPSA) is 40.5 Å². The van der Waals surface area contributed by atoms with Gasteiger partial charge in [-0.2, -0.15) is 0 Å². The minimum atomic E-state index is -0.659. The van der Waals surface area contributed by atoms with Crippen LogP contribution in [0.1, 0.15) is 38.4 Å². The SMILES string of the molecule is Cc1ccc(C(c2ccc(C)s2)N2CCCC(C(=O)O)C2)s1. The van der Waals surface area contributed by atoms with E-state index in [1.807, 2.05) is 22.7 Å². The van der Waals surface area contributed by atoms with E-state index in [0.29, 0.717) is 6.54 Å². The minimum absolute atomic E-state index is 0.208. The second kappa shape index (κ2) is 6.52. The van der Waals surface area contributed by atoms with Crippen LogP contribution in [0.25, 0.3) is 0 Å². The second-order valence-corrected chi connectivity index (χ2v) is 8.61. The molecule has 3 rings (SSSR count). The van der Waals surface area contributed by atoms with E-state index >= 15 is 0 Å². The number of piperidine rings is 1. The largest absolute Gasteiger partial charge is 0.481 e. The van der Waals surface area contributed by atoms with Crippen molar-refractivity contribution in [2.24, 2.45) is 5.92 Å². The highest BCUT2D eigenvalue weighted by molar-refractivity contribution is 7.13. The van der Waals surface area contributed by atoms with Crippen LogP contribution in [0.4, 0.5) is 0 Å². The van der Waals surface area contributed by atoms with Gasteiger partial charge in [0.15, 0.2) is 0 Å². The van der Waals surface area contributed by atoms with Crippen molar-refractivity contribution in [2.45, 2.75) is 32.7 Å². The smallest absolute Gasteiger partial charge is 0.307 e. The molecule has 3 heterocycles. The maximum atomic E-state index is 11.4. The lowest BCUT2D eigenvalue weighted by molar-refractivity contribution is -0.143. The molecule has 1 N–H and O–H groups in total. The Morgan fingerprint density at radius 1 is 1.18 bits per heavy atom. The summed E-state index contributed by atoms with van der Waals surface area (Å²) in [6.07, 6.45) is 1.76. The fourth-order valence-electron chi connectivity index (χ4n) is 3.14. The predicted molar refractivity (Wildman–Crippen MR) is 91.9 cm³/mol. The Labute approximate surface area is 139 Å². The Balaban J connectivity index is 1.93. The van der Waals surface area contributed by atoms with E-state index in [1.54, 1.807) is 0 Å². The molecule has 0 aliphatic carbocycles. The Bertz CT molecular complexity index is 621. The molecule has 1 aliphatic heterocycles. The molecule has 5 heteroatoms. The van der Waals surface area contributed by atoms with Crippen LogP contribution in [-0.2, 0) is 4.79 Å². The molecule has 0 spiro atoms. The first-order valence-corrected chi connectivity index (χ1v) is 9.27. The number of aliphatic carboxylic acids is 1. The number of likely N-dealkylation sites (tertiary alicyclic amines) is 1. The highest BCUT2D eigenvalue weighted by Crippen LogP contribution is 2.38. The van der Waals surface area contributed by atoms with Crippen molar-refractivity contribution in [3.8, 4) is 0 Å². The molecule has 0 saturated carbocycles. The Morgan fingerprint density at radius 2 is 1.77 bits per heavy atom. The van der Waals surface area contributed by atoms with E-state index in [9.17, 15) is 9.90 Å². The molecular formula is C17H21NO2S2. The lowest BCUT2D eigenvalue weighted by atomic mass is 9.96. The van der Waals surface area contributed by atoms with E-state index in [-0.39, 0.29) is 12.0 Å². The molecule has 2 aromatic heterocycles. The zero-order chi connectivity index (χ0) is 15.7. The maximum Gasteiger partial charge on any atom is 0.307 e. The quantitative estimate of drug-likeness (QED) is 0.905. The van der Waals surface area contributed by atoms with Gasteiger partial charge in [0, 0.05) is 26.1 Å². The number of carbonyl (C=O) groups is 1. The van der Waals surface area contributed by atoms with E-state index in [4.69, 9.17) is 0 Å². The zero-order valence-corrected chi connectivity index (χ0v) is 14.5. The number of aryl methyl sites for hydroxylation is 2. The highest BCUT2D eigenvalue weighted by atomic mass is 32.1. The van der Waals surface area contributed by atoms with Gasteiger partial charge in [-0.05, 0) is 57.5 Å². The number of nitrogens with zero attached hydrogens (tertiary/aromatic N) is 1. The Kier molecular flexibility index (Phi) is 4.66. The molecule has 3 nitrogen and oxygen atoms in total. The summed E-state index contributed by atoms with van der Waals surface area (Å²) in [5, 5.41) is 9.37. The molecule has 0 amide bonds. The predicted octanol–water partition coefficient (Wildman–Crippen LogP) is 4.31. The van der Waals surface area contributed by atoms with Gasteiger partial charge >= 0.3 is 5.97 Å². The summed E-state index contributed by atoms with van der Waals surface area (Å²) in [4.78, 5) is 19.0. The van der Waals surface area contributed by atoms with Crippen LogP contribution < -0.4 is 0 Å². The monoisotopic (exact) mass is 335 g/mol. The molecule has 1 aliphatic rings. The standard InChI is InChI=1S/C17H21NO2S2/c1-11-5-7-14(21-11)16(15-8-6-12(2)22-15)18-9-3-4-13(10-18)17(19)20/h5-8,13,16H,3-4,9-10H2,1-2H3,(H,19,20). The summed E-state index contributed by atoms with van der Waals surface area (Å²) in [6, 6.07) is 8.92. The van der Waals surface area contributed by atoms with Gasteiger partial charge in [0.25, 0.3) is 0 Å². The molecule has 1 fully saturated rings. The van der Waals surface area contributed by atoms with Crippen LogP contribution in [0.2, 0.25) is 0 Å². The minimum Gasteiger partial charge on any atom is -0.481 e. The first-order valence-electron chi connectivity index (χ1n) is 7.64. The summed E-state index contributed by atoms with van der Waals surface area (Å²) < 4.78 is 0. The van der Waals surface area contributed by atoms with Gasteiger partial charge in [0.2, 0.25) is 0 Å². The average molecular weight is 335 g/mol. The van der Waals surface area contributed by atoms with Crippen molar-refractivity contribution in [3.63, 3.8) is 0 Å². The fraction of sp³-hybridized carbons (Fsp3) is 0.471. The van der Waals surface area contributed by atoms with Gasteiger partial charge in [0.1, 0.15) is 0 Å². The number of thiophene rings is 2. The van der Waals surface area contributed by atoms with Crippen molar-refractivity contribution in [2.75, 3.05) is 13.1 Å². The maximum absolute atomic E-state index is 11.4. The van der Waals surface area contributed by atoms with Gasteiger partial charge in [-0.3, -0.25) is 9.69 Å². The van der Waals surface area contributed by atoms with Crippen LogP contribution in [-0.4, -0.2) is 29.1 Å². The average Bonchev–Trinajstić information content (AvgIpc) is 3.09. The number of rotatable bonds is 4. The number of carboxylic acids is 1. The first-order chi connectivity index (χ1) is 10.5. The van der Waals surface area contributed by atoms with E-state index < -0.39 is 5.97 Å². The lowest BCUT2D eigenvalue weighted by Crippen LogP contribution is -2.40. The van der Waals surface area contributed by atoms with Crippen LogP contribution in [0.3, 0.4) is 0 Å². The van der Waals surface area contributed by atoms with Gasteiger partial charge in [-0.25, -0.2) is 0 Å². The molecule has 118 valence electrons.